The van der Waals surface area contributed by atoms with E-state index in [1.165, 1.54) is 0 Å². The topological polar surface area (TPSA) is 70.2 Å². The molecule has 0 unspecified atom stereocenters. The third kappa shape index (κ3) is 5.79. The molecule has 0 saturated heterocycles. The summed E-state index contributed by atoms with van der Waals surface area (Å²) in [5, 5.41) is 8.16. The summed E-state index contributed by atoms with van der Waals surface area (Å²) >= 11 is 3.32. The molecule has 0 aliphatic heterocycles. The van der Waals surface area contributed by atoms with Gasteiger partial charge in [0.05, 0.1) is 6.54 Å². The summed E-state index contributed by atoms with van der Waals surface area (Å²) in [6, 6.07) is 7.34. The van der Waals surface area contributed by atoms with Gasteiger partial charge in [-0.2, -0.15) is 0 Å². The van der Waals surface area contributed by atoms with Crippen LogP contribution in [0.2, 0.25) is 0 Å². The molecule has 0 aromatic heterocycles. The first-order chi connectivity index (χ1) is 8.61. The van der Waals surface area contributed by atoms with Crippen LogP contribution in [0.25, 0.3) is 0 Å². The minimum absolute atomic E-state index is 0.0455. The number of nitrogens with one attached hydrogen (secondary N) is 3. The van der Waals surface area contributed by atoms with E-state index in [2.05, 4.69) is 31.9 Å². The van der Waals surface area contributed by atoms with Gasteiger partial charge in [-0.25, -0.2) is 0 Å². The zero-order valence-corrected chi connectivity index (χ0v) is 11.7. The van der Waals surface area contributed by atoms with Gasteiger partial charge in [0.25, 0.3) is 0 Å². The molecule has 3 N–H and O–H groups in total. The molecule has 1 aromatic carbocycles. The van der Waals surface area contributed by atoms with Gasteiger partial charge < -0.3 is 16.0 Å². The van der Waals surface area contributed by atoms with Gasteiger partial charge >= 0.3 is 0 Å². The van der Waals surface area contributed by atoms with Crippen molar-refractivity contribution in [1.82, 2.24) is 10.6 Å². The molecule has 1 aromatic rings. The normalized spacial score (nSPS) is 9.89. The van der Waals surface area contributed by atoms with Crippen LogP contribution in [0, 0.1) is 0 Å². The number of carbonyl (C=O) groups excluding carboxylic acids is 2. The van der Waals surface area contributed by atoms with Crippen LogP contribution in [0.4, 0.5) is 5.69 Å². The van der Waals surface area contributed by atoms with Gasteiger partial charge in [-0.3, -0.25) is 9.59 Å². The molecule has 0 atom stereocenters. The Morgan fingerprint density at radius 1 is 1.17 bits per heavy atom. The number of carbonyl (C=O) groups is 2. The second-order valence-electron chi connectivity index (χ2n) is 3.66. The number of benzene rings is 1. The maximum atomic E-state index is 11.5. The van der Waals surface area contributed by atoms with Crippen molar-refractivity contribution in [3.05, 3.63) is 28.7 Å². The summed E-state index contributed by atoms with van der Waals surface area (Å²) < 4.78 is 0.962. The fourth-order valence-corrected chi connectivity index (χ4v) is 1.53. The lowest BCUT2D eigenvalue weighted by molar-refractivity contribution is -0.121. The maximum absolute atomic E-state index is 11.5. The van der Waals surface area contributed by atoms with Crippen molar-refractivity contribution >= 4 is 33.4 Å². The Kier molecular flexibility index (Phi) is 6.38. The number of halogens is 1. The van der Waals surface area contributed by atoms with Gasteiger partial charge in [0.2, 0.25) is 11.8 Å². The molecular formula is C12H16BrN3O2. The van der Waals surface area contributed by atoms with E-state index in [0.717, 1.165) is 10.2 Å². The summed E-state index contributed by atoms with van der Waals surface area (Å²) in [5.74, 6) is -0.176. The van der Waals surface area contributed by atoms with Crippen LogP contribution >= 0.6 is 15.9 Å². The first-order valence-electron chi connectivity index (χ1n) is 5.58. The number of rotatable bonds is 6. The van der Waals surface area contributed by atoms with Crippen LogP contribution in [0.15, 0.2) is 28.7 Å². The highest BCUT2D eigenvalue weighted by Gasteiger charge is 2.02. The summed E-state index contributed by atoms with van der Waals surface area (Å²) in [7, 11) is 1.59. The van der Waals surface area contributed by atoms with Gasteiger partial charge in [-0.05, 0) is 24.3 Å². The molecule has 1 rings (SSSR count). The molecule has 18 heavy (non-hydrogen) atoms. The molecule has 2 amide bonds. The van der Waals surface area contributed by atoms with Gasteiger partial charge in [-0.15, -0.1) is 0 Å². The molecule has 5 nitrogen and oxygen atoms in total. The number of anilines is 1. The predicted octanol–water partition coefficient (Wildman–Crippen LogP) is 1.11. The average Bonchev–Trinajstić information content (AvgIpc) is 2.37. The highest BCUT2D eigenvalue weighted by Crippen LogP contribution is 2.13. The highest BCUT2D eigenvalue weighted by molar-refractivity contribution is 9.10. The van der Waals surface area contributed by atoms with Gasteiger partial charge in [0, 0.05) is 30.2 Å². The van der Waals surface area contributed by atoms with Crippen molar-refractivity contribution in [3.8, 4) is 0 Å². The molecule has 0 radical (unpaired) electrons. The Morgan fingerprint density at radius 3 is 2.44 bits per heavy atom. The van der Waals surface area contributed by atoms with E-state index in [-0.39, 0.29) is 18.4 Å². The molecule has 0 saturated carbocycles. The van der Waals surface area contributed by atoms with E-state index in [1.54, 1.807) is 7.05 Å². The zero-order chi connectivity index (χ0) is 13.4. The summed E-state index contributed by atoms with van der Waals surface area (Å²) in [4.78, 5) is 22.4. The summed E-state index contributed by atoms with van der Waals surface area (Å²) in [5.41, 5.74) is 0.747. The van der Waals surface area contributed by atoms with Gasteiger partial charge in [-0.1, -0.05) is 15.9 Å². The van der Waals surface area contributed by atoms with Crippen molar-refractivity contribution in [2.45, 2.75) is 6.42 Å². The molecular weight excluding hydrogens is 298 g/mol. The molecule has 0 bridgehead atoms. The molecule has 98 valence electrons. The van der Waals surface area contributed by atoms with Crippen molar-refractivity contribution < 1.29 is 9.59 Å². The third-order valence-corrected chi connectivity index (χ3v) is 2.75. The lowest BCUT2D eigenvalue weighted by Gasteiger charge is -2.06. The first kappa shape index (κ1) is 14.7. The summed E-state index contributed by atoms with van der Waals surface area (Å²) in [6.07, 6.45) is 0.363. The fraction of sp³-hybridized carbons (Fsp3) is 0.333. The minimum atomic E-state index is -0.130. The van der Waals surface area contributed by atoms with Gasteiger partial charge in [0.15, 0.2) is 0 Å². The van der Waals surface area contributed by atoms with Gasteiger partial charge in [0.1, 0.15) is 0 Å². The van der Waals surface area contributed by atoms with E-state index < -0.39 is 0 Å². The number of amides is 2. The van der Waals surface area contributed by atoms with Crippen molar-refractivity contribution in [2.75, 3.05) is 25.5 Å². The van der Waals surface area contributed by atoms with Crippen LogP contribution in [-0.2, 0) is 9.59 Å². The lowest BCUT2D eigenvalue weighted by Crippen LogP contribution is -2.31. The molecule has 0 fully saturated rings. The van der Waals surface area contributed by atoms with E-state index in [9.17, 15) is 9.59 Å². The fourth-order valence-electron chi connectivity index (χ4n) is 1.27. The summed E-state index contributed by atoms with van der Waals surface area (Å²) in [6.45, 7) is 0.667. The Bertz CT molecular complexity index is 406. The predicted molar refractivity (Wildman–Crippen MR) is 74.3 cm³/mol. The lowest BCUT2D eigenvalue weighted by atomic mass is 10.3. The van der Waals surface area contributed by atoms with Crippen LogP contribution < -0.4 is 16.0 Å². The van der Waals surface area contributed by atoms with Crippen LogP contribution in [0.5, 0.6) is 0 Å². The van der Waals surface area contributed by atoms with Crippen LogP contribution in [0.3, 0.4) is 0 Å². The quantitative estimate of drug-likeness (QED) is 0.689. The van der Waals surface area contributed by atoms with E-state index in [0.29, 0.717) is 13.0 Å². The highest BCUT2D eigenvalue weighted by atomic mass is 79.9. The molecule has 0 heterocycles. The largest absolute Gasteiger partial charge is 0.359 e. The Morgan fingerprint density at radius 2 is 1.83 bits per heavy atom. The van der Waals surface area contributed by atoms with Crippen LogP contribution in [-0.4, -0.2) is 32.0 Å². The molecule has 0 aliphatic rings. The van der Waals surface area contributed by atoms with Crippen molar-refractivity contribution in [1.29, 1.82) is 0 Å². The standard InChI is InChI=1S/C12H16BrN3O2/c1-14-11(17)6-7-15-8-12(18)16-10-4-2-9(13)3-5-10/h2-5,15H,6-8H2,1H3,(H,14,17)(H,16,18). The molecule has 0 aliphatic carbocycles. The van der Waals surface area contributed by atoms with Crippen molar-refractivity contribution in [2.24, 2.45) is 0 Å². The molecule has 6 heteroatoms. The van der Waals surface area contributed by atoms with E-state index in [4.69, 9.17) is 0 Å². The zero-order valence-electron chi connectivity index (χ0n) is 10.1. The average molecular weight is 314 g/mol. The number of hydrogen-bond acceptors (Lipinski definition) is 3. The SMILES string of the molecule is CNC(=O)CCNCC(=O)Nc1ccc(Br)cc1. The van der Waals surface area contributed by atoms with Crippen LogP contribution in [0.1, 0.15) is 6.42 Å². The van der Waals surface area contributed by atoms with E-state index in [1.807, 2.05) is 24.3 Å². The maximum Gasteiger partial charge on any atom is 0.238 e. The minimum Gasteiger partial charge on any atom is -0.359 e. The second kappa shape index (κ2) is 7.84. The van der Waals surface area contributed by atoms with Crippen molar-refractivity contribution in [3.63, 3.8) is 0 Å². The third-order valence-electron chi connectivity index (χ3n) is 2.22. The molecule has 0 spiro atoms. The Balaban J connectivity index is 2.21. The Hall–Kier alpha value is -1.40. The monoisotopic (exact) mass is 313 g/mol. The first-order valence-corrected chi connectivity index (χ1v) is 6.38. The van der Waals surface area contributed by atoms with E-state index >= 15 is 0 Å². The Labute approximate surface area is 114 Å². The number of hydrogen-bond donors (Lipinski definition) is 3. The second-order valence-corrected chi connectivity index (χ2v) is 4.57. The smallest absolute Gasteiger partial charge is 0.238 e.